The first kappa shape index (κ1) is 19.1. The molecule has 0 aliphatic heterocycles. The largest absolute Gasteiger partial charge is 0.282 e. The van der Waals surface area contributed by atoms with Gasteiger partial charge in [-0.2, -0.15) is 0 Å². The first-order chi connectivity index (χ1) is 11.8. The Balaban J connectivity index is 2.40. The topological polar surface area (TPSA) is 34.1 Å². The summed E-state index contributed by atoms with van der Waals surface area (Å²) < 4.78 is 42.6. The number of carbonyl (C=O) groups is 2. The van der Waals surface area contributed by atoms with E-state index in [2.05, 4.69) is 13.2 Å². The van der Waals surface area contributed by atoms with Gasteiger partial charge in [-0.3, -0.25) is 9.59 Å². The molecule has 0 atom stereocenters. The third kappa shape index (κ3) is 4.64. The molecule has 2 rings (SSSR count). The van der Waals surface area contributed by atoms with E-state index >= 15 is 0 Å². The number of hydrogen-bond acceptors (Lipinski definition) is 4. The molecule has 0 saturated carbocycles. The predicted molar refractivity (Wildman–Crippen MR) is 93.9 cm³/mol. The summed E-state index contributed by atoms with van der Waals surface area (Å²) in [6.45, 7) is 6.57. The number of rotatable bonds is 5. The van der Waals surface area contributed by atoms with E-state index in [1.807, 2.05) is 0 Å². The highest BCUT2D eigenvalue weighted by molar-refractivity contribution is 8.14. The smallest absolute Gasteiger partial charge is 0.216 e. The summed E-state index contributed by atoms with van der Waals surface area (Å²) in [7, 11) is 0. The van der Waals surface area contributed by atoms with E-state index in [-0.39, 0.29) is 15.4 Å². The summed E-state index contributed by atoms with van der Waals surface area (Å²) in [4.78, 5) is 22.6. The van der Waals surface area contributed by atoms with Crippen molar-refractivity contribution >= 4 is 33.8 Å². The number of benzene rings is 2. The molecular weight excluding hydrogens is 369 g/mol. The normalized spacial score (nSPS) is 10.4. The maximum Gasteiger partial charge on any atom is 0.216 e. The molecule has 0 aliphatic carbocycles. The zero-order chi connectivity index (χ0) is 18.6. The molecule has 2 aromatic rings. The van der Waals surface area contributed by atoms with Gasteiger partial charge < -0.3 is 0 Å². The minimum atomic E-state index is -0.929. The molecule has 25 heavy (non-hydrogen) atoms. The lowest BCUT2D eigenvalue weighted by Gasteiger charge is -2.09. The monoisotopic (exact) mass is 380 g/mol. The van der Waals surface area contributed by atoms with Gasteiger partial charge >= 0.3 is 0 Å². The van der Waals surface area contributed by atoms with E-state index in [0.29, 0.717) is 23.5 Å². The standard InChI is InChI=1S/C18H11F3O2S2/c1-3-16(22)24-11-8-13(20)18(14(21)9-11)10-5-6-15(12(19)7-10)25-17(23)4-2/h3-9H,1-2H2. The Hall–Kier alpha value is -2.25. The minimum absolute atomic E-state index is 0.0190. The van der Waals surface area contributed by atoms with Crippen molar-refractivity contribution in [1.29, 1.82) is 0 Å². The summed E-state index contributed by atoms with van der Waals surface area (Å²) in [6.07, 6.45) is 2.07. The maximum absolute atomic E-state index is 14.3. The fourth-order valence-corrected chi connectivity index (χ4v) is 3.16. The molecule has 0 aliphatic rings. The highest BCUT2D eigenvalue weighted by Crippen LogP contribution is 2.33. The van der Waals surface area contributed by atoms with Gasteiger partial charge in [-0.25, -0.2) is 13.2 Å². The van der Waals surface area contributed by atoms with Crippen LogP contribution in [-0.2, 0) is 9.59 Å². The molecule has 0 radical (unpaired) electrons. The molecular formula is C18H11F3O2S2. The van der Waals surface area contributed by atoms with Crippen LogP contribution >= 0.6 is 23.5 Å². The van der Waals surface area contributed by atoms with Crippen LogP contribution in [0.5, 0.6) is 0 Å². The molecule has 0 aromatic heterocycles. The summed E-state index contributed by atoms with van der Waals surface area (Å²) >= 11 is 1.25. The van der Waals surface area contributed by atoms with Crippen LogP contribution in [0.4, 0.5) is 13.2 Å². The molecule has 2 nitrogen and oxygen atoms in total. The van der Waals surface area contributed by atoms with Crippen LogP contribution < -0.4 is 0 Å². The first-order valence-corrected chi connectivity index (χ1v) is 8.46. The van der Waals surface area contributed by atoms with Gasteiger partial charge in [-0.1, -0.05) is 19.2 Å². The van der Waals surface area contributed by atoms with Gasteiger partial charge in [0.15, 0.2) is 0 Å². The van der Waals surface area contributed by atoms with Crippen molar-refractivity contribution in [1.82, 2.24) is 0 Å². The second-order valence-electron chi connectivity index (χ2n) is 4.66. The molecule has 0 saturated heterocycles. The van der Waals surface area contributed by atoms with Crippen molar-refractivity contribution in [2.24, 2.45) is 0 Å². The van der Waals surface area contributed by atoms with Crippen LogP contribution in [0.25, 0.3) is 11.1 Å². The molecule has 0 spiro atoms. The van der Waals surface area contributed by atoms with Crippen LogP contribution in [0, 0.1) is 17.5 Å². The lowest BCUT2D eigenvalue weighted by atomic mass is 10.0. The van der Waals surface area contributed by atoms with E-state index in [1.165, 1.54) is 12.1 Å². The van der Waals surface area contributed by atoms with Gasteiger partial charge in [0, 0.05) is 4.90 Å². The number of thioether (sulfide) groups is 2. The Morgan fingerprint density at radius 1 is 0.840 bits per heavy atom. The summed E-state index contributed by atoms with van der Waals surface area (Å²) in [6, 6.07) is 5.50. The highest BCUT2D eigenvalue weighted by atomic mass is 32.2. The minimum Gasteiger partial charge on any atom is -0.282 e. The predicted octanol–water partition coefficient (Wildman–Crippen LogP) is 5.38. The van der Waals surface area contributed by atoms with Crippen molar-refractivity contribution in [3.05, 3.63) is 73.1 Å². The Labute approximate surface area is 150 Å². The molecule has 0 unspecified atom stereocenters. The van der Waals surface area contributed by atoms with E-state index in [9.17, 15) is 22.8 Å². The summed E-state index contributed by atoms with van der Waals surface area (Å²) in [5.74, 6) is -2.64. The lowest BCUT2D eigenvalue weighted by molar-refractivity contribution is -0.107. The van der Waals surface area contributed by atoms with Gasteiger partial charge in [-0.15, -0.1) is 0 Å². The molecule has 2 aromatic carbocycles. The second-order valence-corrected chi connectivity index (χ2v) is 6.78. The number of carbonyl (C=O) groups excluding carboxylic acids is 2. The summed E-state index contributed by atoms with van der Waals surface area (Å²) in [5.41, 5.74) is -0.435. The first-order valence-electron chi connectivity index (χ1n) is 6.83. The van der Waals surface area contributed by atoms with Gasteiger partial charge in [0.25, 0.3) is 0 Å². The van der Waals surface area contributed by atoms with Crippen molar-refractivity contribution in [2.75, 3.05) is 0 Å². The Morgan fingerprint density at radius 2 is 1.40 bits per heavy atom. The van der Waals surface area contributed by atoms with E-state index in [0.717, 1.165) is 30.4 Å². The van der Waals surface area contributed by atoms with Crippen LogP contribution in [-0.4, -0.2) is 10.2 Å². The van der Waals surface area contributed by atoms with E-state index < -0.39 is 33.2 Å². The van der Waals surface area contributed by atoms with E-state index in [4.69, 9.17) is 0 Å². The van der Waals surface area contributed by atoms with Crippen molar-refractivity contribution < 1.29 is 22.8 Å². The second kappa shape index (κ2) is 8.22. The molecule has 0 fully saturated rings. The quantitative estimate of drug-likeness (QED) is 0.515. The average Bonchev–Trinajstić information content (AvgIpc) is 2.56. The van der Waals surface area contributed by atoms with Gasteiger partial charge in [0.05, 0.1) is 10.5 Å². The molecule has 7 heteroatoms. The van der Waals surface area contributed by atoms with Gasteiger partial charge in [-0.05, 0) is 65.5 Å². The number of hydrogen-bond donors (Lipinski definition) is 0. The molecule has 0 bridgehead atoms. The van der Waals surface area contributed by atoms with Crippen LogP contribution in [0.1, 0.15) is 0 Å². The Kier molecular flexibility index (Phi) is 6.27. The lowest BCUT2D eigenvalue weighted by Crippen LogP contribution is -1.95. The zero-order valence-corrected chi connectivity index (χ0v) is 14.4. The maximum atomic E-state index is 14.3. The fraction of sp³-hybridized carbons (Fsp3) is 0. The van der Waals surface area contributed by atoms with Crippen molar-refractivity contribution in [2.45, 2.75) is 9.79 Å². The third-order valence-electron chi connectivity index (χ3n) is 3.00. The van der Waals surface area contributed by atoms with Crippen LogP contribution in [0.3, 0.4) is 0 Å². The number of halogens is 3. The SMILES string of the molecule is C=CC(=O)Sc1cc(F)c(-c2ccc(SC(=O)C=C)c(F)c2)c(F)c1. The Bertz CT molecular complexity index is 856. The zero-order valence-electron chi connectivity index (χ0n) is 12.7. The van der Waals surface area contributed by atoms with Gasteiger partial charge in [0.1, 0.15) is 17.5 Å². The van der Waals surface area contributed by atoms with Gasteiger partial charge in [0.2, 0.25) is 10.2 Å². The summed E-state index contributed by atoms with van der Waals surface area (Å²) in [5, 5.41) is -0.900. The van der Waals surface area contributed by atoms with Crippen LogP contribution in [0.15, 0.2) is 65.4 Å². The van der Waals surface area contributed by atoms with Crippen molar-refractivity contribution in [3.8, 4) is 11.1 Å². The third-order valence-corrected chi connectivity index (χ3v) is 4.76. The fourth-order valence-electron chi connectivity index (χ4n) is 1.93. The van der Waals surface area contributed by atoms with Crippen LogP contribution in [0.2, 0.25) is 0 Å². The molecule has 0 heterocycles. The highest BCUT2D eigenvalue weighted by Gasteiger charge is 2.17. The molecule has 128 valence electrons. The van der Waals surface area contributed by atoms with Crippen molar-refractivity contribution in [3.63, 3.8) is 0 Å². The van der Waals surface area contributed by atoms with E-state index in [1.54, 1.807) is 0 Å². The molecule has 0 amide bonds. The Morgan fingerprint density at radius 3 is 1.92 bits per heavy atom. The average molecular weight is 380 g/mol. The molecule has 0 N–H and O–H groups in total.